The van der Waals surface area contributed by atoms with E-state index >= 15 is 0 Å². The van der Waals surface area contributed by atoms with Crippen LogP contribution in [0, 0.1) is 16.7 Å². The van der Waals surface area contributed by atoms with Crippen LogP contribution < -0.4 is 10.6 Å². The number of aromatic nitrogens is 1. The Kier molecular flexibility index (Phi) is 3.27. The molecule has 1 aromatic heterocycles. The van der Waals surface area contributed by atoms with Crippen molar-refractivity contribution in [2.24, 2.45) is 16.7 Å². The molecule has 110 valence electrons. The standard InChI is InChI=1S/C15H23N3OS/c1-14(2)10-4-5-15(14,3)12(6-10)18-13(19)16-7-11-8-20-9-17-11/h8-10,12H,4-7H2,1-3H3,(H2,16,18,19)/t10-,12-,15+/m0/s1. The van der Waals surface area contributed by atoms with Gasteiger partial charge in [0, 0.05) is 11.4 Å². The summed E-state index contributed by atoms with van der Waals surface area (Å²) in [5.74, 6) is 0.747. The average molecular weight is 293 g/mol. The van der Waals surface area contributed by atoms with Crippen LogP contribution in [0.3, 0.4) is 0 Å². The number of thiazole rings is 1. The molecule has 20 heavy (non-hydrogen) atoms. The highest BCUT2D eigenvalue weighted by Crippen LogP contribution is 2.65. The van der Waals surface area contributed by atoms with Crippen molar-refractivity contribution in [1.82, 2.24) is 15.6 Å². The average Bonchev–Trinajstić information content (AvgIpc) is 3.02. The monoisotopic (exact) mass is 293 g/mol. The summed E-state index contributed by atoms with van der Waals surface area (Å²) in [7, 11) is 0. The first-order valence-electron chi connectivity index (χ1n) is 7.35. The highest BCUT2D eigenvalue weighted by molar-refractivity contribution is 7.07. The van der Waals surface area contributed by atoms with E-state index in [1.807, 2.05) is 5.38 Å². The number of fused-ring (bicyclic) bond motifs is 2. The van der Waals surface area contributed by atoms with Crippen molar-refractivity contribution in [3.8, 4) is 0 Å². The zero-order valence-electron chi connectivity index (χ0n) is 12.4. The number of rotatable bonds is 3. The number of hydrogen-bond donors (Lipinski definition) is 2. The molecule has 3 rings (SSSR count). The Morgan fingerprint density at radius 3 is 2.85 bits per heavy atom. The number of carbonyl (C=O) groups is 1. The van der Waals surface area contributed by atoms with Crippen LogP contribution >= 0.6 is 11.3 Å². The quantitative estimate of drug-likeness (QED) is 0.899. The van der Waals surface area contributed by atoms with Gasteiger partial charge < -0.3 is 10.6 Å². The molecule has 0 radical (unpaired) electrons. The Morgan fingerprint density at radius 1 is 1.50 bits per heavy atom. The van der Waals surface area contributed by atoms with Crippen LogP contribution in [0.25, 0.3) is 0 Å². The smallest absolute Gasteiger partial charge is 0.315 e. The molecule has 0 spiro atoms. The summed E-state index contributed by atoms with van der Waals surface area (Å²) in [6, 6.07) is 0.235. The van der Waals surface area contributed by atoms with Gasteiger partial charge in [0.25, 0.3) is 0 Å². The third-order valence-corrected chi connectivity index (χ3v) is 6.65. The van der Waals surface area contributed by atoms with Crippen LogP contribution in [0.2, 0.25) is 0 Å². The third-order valence-electron chi connectivity index (χ3n) is 6.01. The van der Waals surface area contributed by atoms with Gasteiger partial charge in [0.15, 0.2) is 0 Å². The molecule has 0 saturated heterocycles. The maximum atomic E-state index is 12.1. The lowest BCUT2D eigenvalue weighted by Crippen LogP contribution is -2.50. The molecule has 4 nitrogen and oxygen atoms in total. The molecule has 0 aliphatic heterocycles. The Labute approximate surface area is 124 Å². The summed E-state index contributed by atoms with van der Waals surface area (Å²) in [5.41, 5.74) is 3.27. The van der Waals surface area contributed by atoms with Gasteiger partial charge in [-0.15, -0.1) is 11.3 Å². The molecule has 0 aromatic carbocycles. The van der Waals surface area contributed by atoms with Gasteiger partial charge in [0.05, 0.1) is 17.7 Å². The molecule has 2 aliphatic carbocycles. The Balaban J connectivity index is 1.58. The number of nitrogens with one attached hydrogen (secondary N) is 2. The van der Waals surface area contributed by atoms with Gasteiger partial charge in [-0.25, -0.2) is 9.78 Å². The summed E-state index contributed by atoms with van der Waals surface area (Å²) < 4.78 is 0. The van der Waals surface area contributed by atoms with Crippen molar-refractivity contribution in [1.29, 1.82) is 0 Å². The van der Waals surface area contributed by atoms with E-state index in [4.69, 9.17) is 0 Å². The van der Waals surface area contributed by atoms with Crippen molar-refractivity contribution in [3.63, 3.8) is 0 Å². The van der Waals surface area contributed by atoms with Gasteiger partial charge in [0.2, 0.25) is 0 Å². The second-order valence-electron chi connectivity index (χ2n) is 6.97. The van der Waals surface area contributed by atoms with E-state index in [-0.39, 0.29) is 11.4 Å². The van der Waals surface area contributed by atoms with Crippen LogP contribution in [0.1, 0.15) is 45.7 Å². The largest absolute Gasteiger partial charge is 0.335 e. The van der Waals surface area contributed by atoms with E-state index < -0.39 is 0 Å². The molecule has 1 heterocycles. The van der Waals surface area contributed by atoms with E-state index in [1.54, 1.807) is 16.8 Å². The summed E-state index contributed by atoms with van der Waals surface area (Å²) >= 11 is 1.55. The van der Waals surface area contributed by atoms with Crippen LogP contribution in [0.5, 0.6) is 0 Å². The fourth-order valence-electron chi connectivity index (χ4n) is 4.13. The van der Waals surface area contributed by atoms with Gasteiger partial charge in [-0.05, 0) is 36.0 Å². The zero-order chi connectivity index (χ0) is 14.4. The van der Waals surface area contributed by atoms with Crippen molar-refractivity contribution in [2.75, 3.05) is 0 Å². The first kappa shape index (κ1) is 13.9. The van der Waals surface area contributed by atoms with E-state index in [0.29, 0.717) is 18.0 Å². The minimum Gasteiger partial charge on any atom is -0.335 e. The number of amides is 2. The Bertz CT molecular complexity index is 499. The highest BCUT2D eigenvalue weighted by atomic mass is 32.1. The molecule has 2 fully saturated rings. The second-order valence-corrected chi connectivity index (χ2v) is 7.69. The molecule has 2 bridgehead atoms. The normalized spacial score (nSPS) is 34.1. The molecular weight excluding hydrogens is 270 g/mol. The van der Waals surface area contributed by atoms with Gasteiger partial charge in [-0.3, -0.25) is 0 Å². The molecule has 2 saturated carbocycles. The van der Waals surface area contributed by atoms with Crippen molar-refractivity contribution >= 4 is 17.4 Å². The molecule has 5 heteroatoms. The minimum absolute atomic E-state index is 0.0624. The van der Waals surface area contributed by atoms with Crippen LogP contribution in [-0.4, -0.2) is 17.1 Å². The second kappa shape index (κ2) is 4.72. The molecule has 3 atom stereocenters. The first-order valence-corrected chi connectivity index (χ1v) is 8.29. The van der Waals surface area contributed by atoms with E-state index in [1.165, 1.54) is 12.8 Å². The maximum Gasteiger partial charge on any atom is 0.315 e. The molecule has 2 aliphatic rings. The minimum atomic E-state index is -0.0624. The summed E-state index contributed by atoms with van der Waals surface area (Å²) in [5, 5.41) is 8.07. The van der Waals surface area contributed by atoms with E-state index in [2.05, 4.69) is 36.4 Å². The summed E-state index contributed by atoms with van der Waals surface area (Å²) in [4.78, 5) is 16.2. The fraction of sp³-hybridized carbons (Fsp3) is 0.733. The lowest BCUT2D eigenvalue weighted by Gasteiger charge is -2.39. The van der Waals surface area contributed by atoms with Crippen LogP contribution in [0.4, 0.5) is 4.79 Å². The predicted molar refractivity (Wildman–Crippen MR) is 80.5 cm³/mol. The number of urea groups is 1. The van der Waals surface area contributed by atoms with Crippen LogP contribution in [0.15, 0.2) is 10.9 Å². The molecular formula is C15H23N3OS. The fourth-order valence-corrected chi connectivity index (χ4v) is 4.69. The molecule has 2 N–H and O–H groups in total. The van der Waals surface area contributed by atoms with Gasteiger partial charge in [-0.2, -0.15) is 0 Å². The topological polar surface area (TPSA) is 54.0 Å². The first-order chi connectivity index (χ1) is 9.43. The SMILES string of the molecule is CC1(C)[C@H]2CC[C@]1(C)[C@@H](NC(=O)NCc1cscn1)C2. The maximum absolute atomic E-state index is 12.1. The predicted octanol–water partition coefficient (Wildman–Crippen LogP) is 3.16. The van der Waals surface area contributed by atoms with Crippen molar-refractivity contribution in [2.45, 2.75) is 52.6 Å². The number of nitrogens with zero attached hydrogens (tertiary/aromatic N) is 1. The summed E-state index contributed by atoms with van der Waals surface area (Å²) in [6.07, 6.45) is 3.65. The highest BCUT2D eigenvalue weighted by Gasteiger charge is 2.61. The molecule has 2 amide bonds. The summed E-state index contributed by atoms with van der Waals surface area (Å²) in [6.45, 7) is 7.57. The van der Waals surface area contributed by atoms with Crippen LogP contribution in [-0.2, 0) is 6.54 Å². The lowest BCUT2D eigenvalue weighted by atomic mass is 9.69. The van der Waals surface area contributed by atoms with Crippen molar-refractivity contribution < 1.29 is 4.79 Å². The number of hydrogen-bond acceptors (Lipinski definition) is 3. The third kappa shape index (κ3) is 2.03. The van der Waals surface area contributed by atoms with E-state index in [9.17, 15) is 4.79 Å². The zero-order valence-corrected chi connectivity index (χ0v) is 13.2. The number of carbonyl (C=O) groups excluding carboxylic acids is 1. The van der Waals surface area contributed by atoms with E-state index in [0.717, 1.165) is 18.0 Å². The van der Waals surface area contributed by atoms with Gasteiger partial charge in [0.1, 0.15) is 0 Å². The lowest BCUT2D eigenvalue weighted by molar-refractivity contribution is 0.123. The van der Waals surface area contributed by atoms with Gasteiger partial charge >= 0.3 is 6.03 Å². The Hall–Kier alpha value is -1.10. The Morgan fingerprint density at radius 2 is 2.30 bits per heavy atom. The molecule has 1 aromatic rings. The van der Waals surface area contributed by atoms with Crippen molar-refractivity contribution in [3.05, 3.63) is 16.6 Å². The van der Waals surface area contributed by atoms with Gasteiger partial charge in [-0.1, -0.05) is 20.8 Å². The molecule has 0 unspecified atom stereocenters.